The highest BCUT2D eigenvalue weighted by molar-refractivity contribution is 7.92. The number of hydrogen-bond acceptors (Lipinski definition) is 5. The Morgan fingerprint density at radius 3 is 2.65 bits per heavy atom. The molecule has 1 unspecified atom stereocenters. The highest BCUT2D eigenvalue weighted by Gasteiger charge is 2.39. The lowest BCUT2D eigenvalue weighted by Gasteiger charge is -2.29. The summed E-state index contributed by atoms with van der Waals surface area (Å²) in [5, 5.41) is 12.9. The zero-order chi connectivity index (χ0) is 15.1. The fourth-order valence-corrected chi connectivity index (χ4v) is 2.42. The predicted molar refractivity (Wildman–Crippen MR) is 74.4 cm³/mol. The van der Waals surface area contributed by atoms with E-state index in [-0.39, 0.29) is 12.5 Å². The Morgan fingerprint density at radius 1 is 1.40 bits per heavy atom. The predicted octanol–water partition coefficient (Wildman–Crippen LogP) is 0.874. The Morgan fingerprint density at radius 2 is 2.05 bits per heavy atom. The number of aliphatic hydroxyl groups excluding tert-OH is 1. The smallest absolute Gasteiger partial charge is 0.262 e. The van der Waals surface area contributed by atoms with Crippen LogP contribution in [0.5, 0.6) is 5.75 Å². The number of ether oxygens (including phenoxy) is 1. The van der Waals surface area contributed by atoms with Crippen molar-refractivity contribution in [3.8, 4) is 5.75 Å². The molecule has 1 aliphatic rings. The monoisotopic (exact) mass is 299 g/mol. The van der Waals surface area contributed by atoms with Crippen LogP contribution < -0.4 is 10.1 Å². The molecular formula is C13H17NO5S. The molecule has 0 saturated heterocycles. The van der Waals surface area contributed by atoms with E-state index in [0.29, 0.717) is 17.0 Å². The van der Waals surface area contributed by atoms with Crippen molar-refractivity contribution in [2.24, 2.45) is 0 Å². The van der Waals surface area contributed by atoms with Crippen molar-refractivity contribution in [3.63, 3.8) is 0 Å². The van der Waals surface area contributed by atoms with Crippen LogP contribution in [0, 0.1) is 0 Å². The SMILES string of the molecule is CC(C)(C(O)c1ccc2c(c1)NC(=O)CO2)S(C)(=O)=O. The third-order valence-corrected chi connectivity index (χ3v) is 5.70. The standard InChI is InChI=1S/C13H17NO5S/c1-13(2,20(3,17)18)12(16)8-4-5-10-9(6-8)14-11(15)7-19-10/h4-6,12,16H,7H2,1-3H3,(H,14,15). The van der Waals surface area contributed by atoms with E-state index in [1.165, 1.54) is 19.9 Å². The van der Waals surface area contributed by atoms with Crippen LogP contribution in [-0.4, -0.2) is 37.0 Å². The molecule has 0 aliphatic carbocycles. The van der Waals surface area contributed by atoms with Gasteiger partial charge in [0.25, 0.3) is 5.91 Å². The van der Waals surface area contributed by atoms with Crippen molar-refractivity contribution in [1.82, 2.24) is 0 Å². The molecule has 110 valence electrons. The van der Waals surface area contributed by atoms with Gasteiger partial charge in [-0.1, -0.05) is 6.07 Å². The van der Waals surface area contributed by atoms with Crippen LogP contribution in [0.2, 0.25) is 0 Å². The molecule has 7 heteroatoms. The van der Waals surface area contributed by atoms with Gasteiger partial charge in [-0.25, -0.2) is 8.42 Å². The number of carbonyl (C=O) groups excluding carboxylic acids is 1. The van der Waals surface area contributed by atoms with Crippen molar-refractivity contribution in [2.45, 2.75) is 24.7 Å². The fourth-order valence-electron chi connectivity index (χ4n) is 1.87. The van der Waals surface area contributed by atoms with Crippen molar-refractivity contribution in [3.05, 3.63) is 23.8 Å². The Balaban J connectivity index is 2.39. The molecule has 20 heavy (non-hydrogen) atoms. The summed E-state index contributed by atoms with van der Waals surface area (Å²) in [5.41, 5.74) is 0.840. The van der Waals surface area contributed by atoms with E-state index in [2.05, 4.69) is 5.32 Å². The first-order valence-corrected chi connectivity index (χ1v) is 7.96. The number of aliphatic hydroxyl groups is 1. The molecule has 1 atom stereocenters. The molecule has 0 aromatic heterocycles. The maximum atomic E-state index is 11.8. The Hall–Kier alpha value is -1.60. The largest absolute Gasteiger partial charge is 0.482 e. The van der Waals surface area contributed by atoms with Gasteiger partial charge in [-0.15, -0.1) is 0 Å². The number of carbonyl (C=O) groups is 1. The summed E-state index contributed by atoms with van der Waals surface area (Å²) in [7, 11) is -3.45. The van der Waals surface area contributed by atoms with Gasteiger partial charge in [0.15, 0.2) is 16.4 Å². The lowest BCUT2D eigenvalue weighted by Crippen LogP contribution is -2.38. The van der Waals surface area contributed by atoms with Crippen LogP contribution in [0.15, 0.2) is 18.2 Å². The molecule has 0 spiro atoms. The molecule has 1 aromatic rings. The normalized spacial score (nSPS) is 16.9. The highest BCUT2D eigenvalue weighted by Crippen LogP contribution is 2.36. The number of benzene rings is 1. The zero-order valence-electron chi connectivity index (χ0n) is 11.5. The van der Waals surface area contributed by atoms with E-state index in [1.807, 2.05) is 0 Å². The Labute approximate surface area is 117 Å². The Kier molecular flexibility index (Phi) is 3.51. The zero-order valence-corrected chi connectivity index (χ0v) is 12.3. The van der Waals surface area contributed by atoms with Gasteiger partial charge in [0, 0.05) is 6.26 Å². The molecule has 1 amide bonds. The fraction of sp³-hybridized carbons (Fsp3) is 0.462. The van der Waals surface area contributed by atoms with Crippen LogP contribution in [-0.2, 0) is 14.6 Å². The third-order valence-electron chi connectivity index (χ3n) is 3.57. The number of nitrogens with one attached hydrogen (secondary N) is 1. The summed E-state index contributed by atoms with van der Waals surface area (Å²) in [5.74, 6) is 0.212. The van der Waals surface area contributed by atoms with E-state index in [4.69, 9.17) is 4.74 Å². The molecule has 2 N–H and O–H groups in total. The van der Waals surface area contributed by atoms with Crippen LogP contribution in [0.3, 0.4) is 0 Å². The van der Waals surface area contributed by atoms with Crippen molar-refractivity contribution in [2.75, 3.05) is 18.2 Å². The van der Waals surface area contributed by atoms with E-state index in [9.17, 15) is 18.3 Å². The molecule has 6 nitrogen and oxygen atoms in total. The summed E-state index contributed by atoms with van der Waals surface area (Å²) in [6.45, 7) is 2.87. The third kappa shape index (κ3) is 2.51. The molecule has 0 radical (unpaired) electrons. The van der Waals surface area contributed by atoms with Gasteiger partial charge in [0.2, 0.25) is 0 Å². The summed E-state index contributed by atoms with van der Waals surface area (Å²) >= 11 is 0. The summed E-state index contributed by atoms with van der Waals surface area (Å²) in [4.78, 5) is 11.3. The molecular weight excluding hydrogens is 282 g/mol. The first-order valence-electron chi connectivity index (χ1n) is 6.07. The maximum Gasteiger partial charge on any atom is 0.262 e. The summed E-state index contributed by atoms with van der Waals surface area (Å²) in [6, 6.07) is 4.73. The van der Waals surface area contributed by atoms with Gasteiger partial charge in [0.05, 0.1) is 16.5 Å². The number of rotatable bonds is 3. The van der Waals surface area contributed by atoms with Crippen LogP contribution in [0.25, 0.3) is 0 Å². The molecule has 1 aliphatic heterocycles. The lowest BCUT2D eigenvalue weighted by molar-refractivity contribution is -0.118. The number of sulfone groups is 1. The van der Waals surface area contributed by atoms with Crippen molar-refractivity contribution in [1.29, 1.82) is 0 Å². The van der Waals surface area contributed by atoms with Gasteiger partial charge in [-0.2, -0.15) is 0 Å². The van der Waals surface area contributed by atoms with Crippen LogP contribution >= 0.6 is 0 Å². The van der Waals surface area contributed by atoms with Gasteiger partial charge in [0.1, 0.15) is 5.75 Å². The summed E-state index contributed by atoms with van der Waals surface area (Å²) in [6.07, 6.45) is -0.124. The van der Waals surface area contributed by atoms with Gasteiger partial charge >= 0.3 is 0 Å². The first-order chi connectivity index (χ1) is 9.13. The molecule has 0 fully saturated rings. The average molecular weight is 299 g/mol. The number of fused-ring (bicyclic) bond motifs is 1. The topological polar surface area (TPSA) is 92.7 Å². The second-order valence-electron chi connectivity index (χ2n) is 5.37. The maximum absolute atomic E-state index is 11.8. The van der Waals surface area contributed by atoms with Crippen LogP contribution in [0.1, 0.15) is 25.5 Å². The van der Waals surface area contributed by atoms with Gasteiger partial charge in [-0.3, -0.25) is 4.79 Å². The first kappa shape index (κ1) is 14.8. The molecule has 0 bridgehead atoms. The van der Waals surface area contributed by atoms with E-state index >= 15 is 0 Å². The minimum absolute atomic E-state index is 0.0519. The number of amides is 1. The van der Waals surface area contributed by atoms with Crippen molar-refractivity contribution < 1.29 is 23.1 Å². The van der Waals surface area contributed by atoms with E-state index in [0.717, 1.165) is 6.26 Å². The van der Waals surface area contributed by atoms with Gasteiger partial charge < -0.3 is 15.2 Å². The quantitative estimate of drug-likeness (QED) is 0.864. The highest BCUT2D eigenvalue weighted by atomic mass is 32.2. The lowest BCUT2D eigenvalue weighted by atomic mass is 9.97. The Bertz CT molecular complexity index is 651. The van der Waals surface area contributed by atoms with E-state index < -0.39 is 20.7 Å². The van der Waals surface area contributed by atoms with Crippen molar-refractivity contribution >= 4 is 21.4 Å². The minimum Gasteiger partial charge on any atom is -0.482 e. The molecule has 1 heterocycles. The molecule has 0 saturated carbocycles. The second kappa shape index (κ2) is 4.75. The number of hydrogen-bond donors (Lipinski definition) is 2. The molecule has 2 rings (SSSR count). The van der Waals surface area contributed by atoms with E-state index in [1.54, 1.807) is 12.1 Å². The number of anilines is 1. The second-order valence-corrected chi connectivity index (χ2v) is 7.97. The van der Waals surface area contributed by atoms with Crippen LogP contribution in [0.4, 0.5) is 5.69 Å². The summed E-state index contributed by atoms with van der Waals surface area (Å²) < 4.78 is 27.4. The average Bonchev–Trinajstić information content (AvgIpc) is 2.35. The van der Waals surface area contributed by atoms with Gasteiger partial charge in [-0.05, 0) is 31.5 Å². The minimum atomic E-state index is -3.45. The molecule has 1 aromatic carbocycles.